The van der Waals surface area contributed by atoms with Crippen LogP contribution in [0.2, 0.25) is 0 Å². The lowest BCUT2D eigenvalue weighted by molar-refractivity contribution is -0.132. The van der Waals surface area contributed by atoms with E-state index in [1.54, 1.807) is 42.5 Å². The molecule has 0 saturated heterocycles. The Morgan fingerprint density at radius 3 is 2.23 bits per heavy atom. The van der Waals surface area contributed by atoms with Crippen molar-refractivity contribution in [2.75, 3.05) is 5.73 Å². The molecule has 5 nitrogen and oxygen atoms in total. The van der Waals surface area contributed by atoms with E-state index < -0.39 is 17.6 Å². The second kappa shape index (κ2) is 7.79. The number of nitrogen functional groups attached to an aromatic ring is 1. The molecule has 0 spiro atoms. The van der Waals surface area contributed by atoms with E-state index in [4.69, 9.17) is 10.5 Å². The van der Waals surface area contributed by atoms with Gasteiger partial charge in [-0.15, -0.1) is 0 Å². The molecule has 150 valence electrons. The number of hydrogen-bond acceptors (Lipinski definition) is 4. The van der Waals surface area contributed by atoms with Crippen LogP contribution < -0.4 is 10.5 Å². The minimum Gasteiger partial charge on any atom is -0.407 e. The Morgan fingerprint density at radius 2 is 1.60 bits per heavy atom. The minimum absolute atomic E-state index is 0.0946. The number of hydrogen-bond donors (Lipinski definition) is 1. The van der Waals surface area contributed by atoms with E-state index in [1.165, 1.54) is 41.9 Å². The van der Waals surface area contributed by atoms with Gasteiger partial charge in [0.2, 0.25) is 5.88 Å². The molecule has 0 aliphatic heterocycles. The summed E-state index contributed by atoms with van der Waals surface area (Å²) in [5, 5.41) is 4.56. The van der Waals surface area contributed by atoms with Gasteiger partial charge in [-0.2, -0.15) is 9.78 Å². The molecule has 0 saturated carbocycles. The lowest BCUT2D eigenvalue weighted by atomic mass is 10.0. The Hall–Kier alpha value is -4.00. The number of carbonyl (C=O) groups excluding carboxylic acids is 1. The molecule has 0 bridgehead atoms. The average molecular weight is 405 g/mol. The van der Waals surface area contributed by atoms with Crippen LogP contribution in [-0.2, 0) is 4.79 Å². The van der Waals surface area contributed by atoms with E-state index in [0.29, 0.717) is 33.8 Å². The summed E-state index contributed by atoms with van der Waals surface area (Å²) in [4.78, 5) is 11.9. The van der Waals surface area contributed by atoms with E-state index >= 15 is 0 Å². The normalized spacial score (nSPS) is 10.8. The average Bonchev–Trinajstić information content (AvgIpc) is 3.07. The number of ether oxygens (including phenoxy) is 1. The van der Waals surface area contributed by atoms with Gasteiger partial charge in [0.25, 0.3) is 0 Å². The molecule has 4 rings (SSSR count). The van der Waals surface area contributed by atoms with Crippen molar-refractivity contribution in [1.82, 2.24) is 9.78 Å². The zero-order valence-electron chi connectivity index (χ0n) is 16.0. The Kier molecular flexibility index (Phi) is 5.02. The summed E-state index contributed by atoms with van der Waals surface area (Å²) in [5.74, 6) is -1.39. The first kappa shape index (κ1) is 19.3. The van der Waals surface area contributed by atoms with Crippen LogP contribution in [0.4, 0.5) is 14.5 Å². The van der Waals surface area contributed by atoms with Crippen LogP contribution in [0.25, 0.3) is 28.1 Å². The second-order valence-electron chi connectivity index (χ2n) is 6.65. The van der Waals surface area contributed by atoms with Crippen LogP contribution in [-0.4, -0.2) is 15.7 Å². The van der Waals surface area contributed by atoms with Crippen molar-refractivity contribution in [2.24, 2.45) is 0 Å². The minimum atomic E-state index is -0.574. The van der Waals surface area contributed by atoms with Crippen LogP contribution in [0.5, 0.6) is 5.88 Å². The fourth-order valence-electron chi connectivity index (χ4n) is 3.16. The van der Waals surface area contributed by atoms with Gasteiger partial charge in [-0.25, -0.2) is 8.78 Å². The predicted octanol–water partition coefficient (Wildman–Crippen LogP) is 4.99. The van der Waals surface area contributed by atoms with Gasteiger partial charge in [0.15, 0.2) is 0 Å². The zero-order chi connectivity index (χ0) is 21.3. The van der Waals surface area contributed by atoms with E-state index in [2.05, 4.69) is 5.10 Å². The number of halogens is 2. The number of aromatic nitrogens is 2. The second-order valence-corrected chi connectivity index (χ2v) is 6.65. The van der Waals surface area contributed by atoms with E-state index in [0.717, 1.165) is 0 Å². The van der Waals surface area contributed by atoms with Gasteiger partial charge in [0.05, 0.1) is 11.3 Å². The van der Waals surface area contributed by atoms with Crippen LogP contribution in [0.3, 0.4) is 0 Å². The largest absolute Gasteiger partial charge is 0.407 e. The fraction of sp³-hybridized carbons (Fsp3) is 0.0435. The Labute approximate surface area is 171 Å². The molecule has 0 atom stereocenters. The molecule has 0 aliphatic carbocycles. The fourth-order valence-corrected chi connectivity index (χ4v) is 3.16. The molecule has 1 heterocycles. The number of nitrogens with two attached hydrogens (primary N) is 1. The number of rotatable bonds is 4. The van der Waals surface area contributed by atoms with Crippen molar-refractivity contribution in [3.05, 3.63) is 84.4 Å². The van der Waals surface area contributed by atoms with Crippen molar-refractivity contribution >= 4 is 11.7 Å². The van der Waals surface area contributed by atoms with Gasteiger partial charge in [-0.3, -0.25) is 4.79 Å². The maximum absolute atomic E-state index is 13.9. The summed E-state index contributed by atoms with van der Waals surface area (Å²) >= 11 is 0. The van der Waals surface area contributed by atoms with Crippen molar-refractivity contribution in [3.63, 3.8) is 0 Å². The molecule has 2 N–H and O–H groups in total. The van der Waals surface area contributed by atoms with Gasteiger partial charge >= 0.3 is 5.97 Å². The van der Waals surface area contributed by atoms with Gasteiger partial charge in [-0.1, -0.05) is 30.3 Å². The van der Waals surface area contributed by atoms with Crippen LogP contribution in [0, 0.1) is 11.6 Å². The highest BCUT2D eigenvalue weighted by Gasteiger charge is 2.25. The summed E-state index contributed by atoms with van der Waals surface area (Å²) in [6.45, 7) is 1.26. The van der Waals surface area contributed by atoms with E-state index in [-0.39, 0.29) is 5.88 Å². The van der Waals surface area contributed by atoms with Gasteiger partial charge in [0.1, 0.15) is 17.3 Å². The zero-order valence-corrected chi connectivity index (χ0v) is 16.0. The first-order valence-electron chi connectivity index (χ1n) is 9.11. The third kappa shape index (κ3) is 3.77. The first-order valence-corrected chi connectivity index (χ1v) is 9.11. The number of nitrogens with zero attached hydrogens (tertiary/aromatic N) is 2. The molecule has 0 aliphatic rings. The van der Waals surface area contributed by atoms with Gasteiger partial charge in [-0.05, 0) is 48.0 Å². The number of carbonyl (C=O) groups is 1. The van der Waals surface area contributed by atoms with Crippen molar-refractivity contribution in [3.8, 4) is 34.0 Å². The van der Waals surface area contributed by atoms with Crippen LogP contribution >= 0.6 is 0 Å². The first-order chi connectivity index (χ1) is 14.4. The Bertz CT molecular complexity index is 1230. The summed E-state index contributed by atoms with van der Waals surface area (Å²) in [5.41, 5.74) is 8.68. The molecule has 1 aromatic heterocycles. The molecule has 7 heteroatoms. The predicted molar refractivity (Wildman–Crippen MR) is 110 cm³/mol. The lowest BCUT2D eigenvalue weighted by Gasteiger charge is -2.09. The molecular weight excluding hydrogens is 388 g/mol. The summed E-state index contributed by atoms with van der Waals surface area (Å²) in [6.07, 6.45) is 0. The van der Waals surface area contributed by atoms with Gasteiger partial charge in [0, 0.05) is 18.2 Å². The van der Waals surface area contributed by atoms with Gasteiger partial charge < -0.3 is 10.5 Å². The maximum atomic E-state index is 13.9. The quantitative estimate of drug-likeness (QED) is 0.384. The van der Waals surface area contributed by atoms with Crippen molar-refractivity contribution in [2.45, 2.75) is 6.92 Å². The van der Waals surface area contributed by atoms with Crippen LogP contribution in [0.1, 0.15) is 6.92 Å². The molecule has 0 amide bonds. The molecule has 4 aromatic rings. The Morgan fingerprint density at radius 1 is 0.933 bits per heavy atom. The van der Waals surface area contributed by atoms with E-state index in [1.807, 2.05) is 0 Å². The van der Waals surface area contributed by atoms with Crippen molar-refractivity contribution < 1.29 is 18.3 Å². The smallest absolute Gasteiger partial charge is 0.309 e. The SMILES string of the molecule is CC(=O)Oc1c(-c2ccc(N)cc2)c(-c2cccc(F)c2)nn1-c1cccc(F)c1. The number of benzene rings is 3. The Balaban J connectivity index is 2.05. The maximum Gasteiger partial charge on any atom is 0.309 e. The number of esters is 1. The summed E-state index contributed by atoms with van der Waals surface area (Å²) in [7, 11) is 0. The highest BCUT2D eigenvalue weighted by atomic mass is 19.1. The molecular formula is C23H17F2N3O2. The highest BCUT2D eigenvalue weighted by molar-refractivity contribution is 5.87. The highest BCUT2D eigenvalue weighted by Crippen LogP contribution is 2.41. The standard InChI is InChI=1S/C23H17F2N3O2/c1-14(29)30-23-21(15-8-10-19(26)11-9-15)22(16-4-2-5-17(24)12-16)27-28(23)20-7-3-6-18(25)13-20/h2-13H,26H2,1H3. The monoisotopic (exact) mass is 405 g/mol. The van der Waals surface area contributed by atoms with Crippen molar-refractivity contribution in [1.29, 1.82) is 0 Å². The molecule has 3 aromatic carbocycles. The third-order valence-corrected chi connectivity index (χ3v) is 4.43. The number of anilines is 1. The molecule has 0 unspecified atom stereocenters. The molecule has 0 fully saturated rings. The lowest BCUT2D eigenvalue weighted by Crippen LogP contribution is -2.08. The third-order valence-electron chi connectivity index (χ3n) is 4.43. The summed E-state index contributed by atoms with van der Waals surface area (Å²) < 4.78 is 34.7. The molecule has 0 radical (unpaired) electrons. The molecule has 30 heavy (non-hydrogen) atoms. The van der Waals surface area contributed by atoms with Crippen LogP contribution in [0.15, 0.2) is 72.8 Å². The van der Waals surface area contributed by atoms with E-state index in [9.17, 15) is 13.6 Å². The summed E-state index contributed by atoms with van der Waals surface area (Å²) in [6, 6.07) is 18.5. The topological polar surface area (TPSA) is 70.1 Å².